The van der Waals surface area contributed by atoms with E-state index in [4.69, 9.17) is 10.00 Å². The van der Waals surface area contributed by atoms with Crippen LogP contribution in [0, 0.1) is 11.3 Å². The number of ether oxygens (including phenoxy) is 2. The number of rotatable bonds is 4. The lowest BCUT2D eigenvalue weighted by Gasteiger charge is -2.16. The molecule has 0 unspecified atom stereocenters. The van der Waals surface area contributed by atoms with E-state index in [0.717, 1.165) is 0 Å². The van der Waals surface area contributed by atoms with Crippen molar-refractivity contribution in [2.24, 2.45) is 0 Å². The molecule has 0 fully saturated rings. The Balaban J connectivity index is 2.48. The van der Waals surface area contributed by atoms with E-state index in [1.54, 1.807) is 24.3 Å². The van der Waals surface area contributed by atoms with Gasteiger partial charge in [0.15, 0.2) is 0 Å². The third-order valence-electron chi connectivity index (χ3n) is 2.85. The van der Waals surface area contributed by atoms with E-state index in [9.17, 15) is 13.2 Å². The number of alkyl halides is 3. The largest absolute Gasteiger partial charge is 0.573 e. The van der Waals surface area contributed by atoms with Crippen molar-refractivity contribution >= 4 is 0 Å². The highest BCUT2D eigenvalue weighted by Gasteiger charge is 2.31. The van der Waals surface area contributed by atoms with Crippen molar-refractivity contribution in [3.63, 3.8) is 0 Å². The van der Waals surface area contributed by atoms with Crippen LogP contribution in [-0.4, -0.2) is 12.5 Å². The van der Waals surface area contributed by atoms with Crippen molar-refractivity contribution < 1.29 is 22.6 Å². The molecule has 0 aliphatic heterocycles. The molecular weight excluding hydrogens is 307 g/mol. The zero-order valence-corrected chi connectivity index (χ0v) is 12.5. The number of nitrogens with zero attached hydrogens (tertiary/aromatic N) is 1. The van der Waals surface area contributed by atoms with Gasteiger partial charge in [-0.05, 0) is 49.7 Å². The van der Waals surface area contributed by atoms with Gasteiger partial charge in [-0.15, -0.1) is 13.2 Å². The van der Waals surface area contributed by atoms with Gasteiger partial charge in [-0.25, -0.2) is 0 Å². The molecule has 0 saturated heterocycles. The van der Waals surface area contributed by atoms with Crippen LogP contribution in [0.15, 0.2) is 42.5 Å². The van der Waals surface area contributed by atoms with Crippen LogP contribution in [0.5, 0.6) is 11.5 Å². The SMILES string of the molecule is CC(C)Oc1ccc(C#N)cc1-c1cccc(OC(F)(F)F)c1. The molecule has 0 radical (unpaired) electrons. The Bertz CT molecular complexity index is 733. The molecule has 0 saturated carbocycles. The molecular formula is C17H14F3NO2. The maximum absolute atomic E-state index is 12.4. The van der Waals surface area contributed by atoms with E-state index < -0.39 is 6.36 Å². The molecule has 0 atom stereocenters. The van der Waals surface area contributed by atoms with Gasteiger partial charge in [-0.2, -0.15) is 5.26 Å². The molecule has 0 heterocycles. The molecule has 120 valence electrons. The Hall–Kier alpha value is -2.68. The molecule has 3 nitrogen and oxygen atoms in total. The fourth-order valence-electron chi connectivity index (χ4n) is 2.04. The first-order valence-corrected chi connectivity index (χ1v) is 6.85. The Morgan fingerprint density at radius 3 is 2.43 bits per heavy atom. The Morgan fingerprint density at radius 2 is 1.83 bits per heavy atom. The second kappa shape index (κ2) is 6.61. The molecule has 2 aromatic rings. The molecule has 2 aromatic carbocycles. The minimum Gasteiger partial charge on any atom is -0.490 e. The molecule has 0 aromatic heterocycles. The molecule has 0 bridgehead atoms. The second-order valence-electron chi connectivity index (χ2n) is 5.06. The quantitative estimate of drug-likeness (QED) is 0.803. The predicted octanol–water partition coefficient (Wildman–Crippen LogP) is 4.91. The van der Waals surface area contributed by atoms with Gasteiger partial charge < -0.3 is 9.47 Å². The zero-order chi connectivity index (χ0) is 17.0. The van der Waals surface area contributed by atoms with Crippen molar-refractivity contribution in [1.29, 1.82) is 5.26 Å². The highest BCUT2D eigenvalue weighted by molar-refractivity contribution is 5.73. The summed E-state index contributed by atoms with van der Waals surface area (Å²) < 4.78 is 46.7. The van der Waals surface area contributed by atoms with Gasteiger partial charge in [0.05, 0.1) is 17.7 Å². The van der Waals surface area contributed by atoms with Crippen LogP contribution in [0.3, 0.4) is 0 Å². The van der Waals surface area contributed by atoms with Crippen LogP contribution in [-0.2, 0) is 0 Å². The van der Waals surface area contributed by atoms with E-state index in [1.165, 1.54) is 18.2 Å². The summed E-state index contributed by atoms with van der Waals surface area (Å²) in [6.07, 6.45) is -4.87. The van der Waals surface area contributed by atoms with Gasteiger partial charge in [0.1, 0.15) is 11.5 Å². The number of hydrogen-bond donors (Lipinski definition) is 0. The van der Waals surface area contributed by atoms with Crippen molar-refractivity contribution in [2.45, 2.75) is 26.3 Å². The average molecular weight is 321 g/mol. The van der Waals surface area contributed by atoms with Gasteiger partial charge in [0, 0.05) is 5.56 Å². The first-order valence-electron chi connectivity index (χ1n) is 6.85. The van der Waals surface area contributed by atoms with Crippen LogP contribution in [0.2, 0.25) is 0 Å². The highest BCUT2D eigenvalue weighted by Crippen LogP contribution is 2.34. The number of nitriles is 1. The summed E-state index contributed by atoms with van der Waals surface area (Å²) in [6, 6.07) is 12.4. The normalized spacial score (nSPS) is 11.2. The van der Waals surface area contributed by atoms with Gasteiger partial charge in [0.25, 0.3) is 0 Å². The second-order valence-corrected chi connectivity index (χ2v) is 5.06. The van der Waals surface area contributed by atoms with E-state index >= 15 is 0 Å². The molecule has 0 amide bonds. The fourth-order valence-corrected chi connectivity index (χ4v) is 2.04. The lowest BCUT2D eigenvalue weighted by molar-refractivity contribution is -0.274. The monoisotopic (exact) mass is 321 g/mol. The van der Waals surface area contributed by atoms with Crippen molar-refractivity contribution in [3.05, 3.63) is 48.0 Å². The summed E-state index contributed by atoms with van der Waals surface area (Å²) in [7, 11) is 0. The van der Waals surface area contributed by atoms with Crippen LogP contribution in [0.1, 0.15) is 19.4 Å². The first-order chi connectivity index (χ1) is 10.8. The lowest BCUT2D eigenvalue weighted by Crippen LogP contribution is -2.17. The summed E-state index contributed by atoms with van der Waals surface area (Å²) in [4.78, 5) is 0. The maximum atomic E-state index is 12.4. The molecule has 0 aliphatic rings. The number of hydrogen-bond acceptors (Lipinski definition) is 3. The van der Waals surface area contributed by atoms with E-state index in [2.05, 4.69) is 4.74 Å². The molecule has 0 aliphatic carbocycles. The van der Waals surface area contributed by atoms with Gasteiger partial charge in [-0.3, -0.25) is 0 Å². The summed E-state index contributed by atoms with van der Waals surface area (Å²) in [5, 5.41) is 9.02. The van der Waals surface area contributed by atoms with Crippen LogP contribution < -0.4 is 9.47 Å². The minimum atomic E-state index is -4.76. The smallest absolute Gasteiger partial charge is 0.490 e. The van der Waals surface area contributed by atoms with Gasteiger partial charge >= 0.3 is 6.36 Å². The topological polar surface area (TPSA) is 42.2 Å². The standard InChI is InChI=1S/C17H14F3NO2/c1-11(2)22-16-7-6-12(10-21)8-15(16)13-4-3-5-14(9-13)23-17(18,19)20/h3-9,11H,1-2H3. The Morgan fingerprint density at radius 1 is 1.09 bits per heavy atom. The minimum absolute atomic E-state index is 0.115. The molecule has 0 spiro atoms. The number of halogens is 3. The molecule has 0 N–H and O–H groups in total. The van der Waals surface area contributed by atoms with Crippen LogP contribution in [0.25, 0.3) is 11.1 Å². The van der Waals surface area contributed by atoms with E-state index in [0.29, 0.717) is 22.4 Å². The lowest BCUT2D eigenvalue weighted by atomic mass is 10.0. The third-order valence-corrected chi connectivity index (χ3v) is 2.85. The van der Waals surface area contributed by atoms with E-state index in [-0.39, 0.29) is 11.9 Å². The van der Waals surface area contributed by atoms with Crippen molar-refractivity contribution in [2.75, 3.05) is 0 Å². The maximum Gasteiger partial charge on any atom is 0.573 e. The van der Waals surface area contributed by atoms with Crippen molar-refractivity contribution in [3.8, 4) is 28.7 Å². The summed E-state index contributed by atoms with van der Waals surface area (Å²) in [5.41, 5.74) is 1.39. The summed E-state index contributed by atoms with van der Waals surface area (Å²) >= 11 is 0. The highest BCUT2D eigenvalue weighted by atomic mass is 19.4. The summed E-state index contributed by atoms with van der Waals surface area (Å²) in [6.45, 7) is 3.68. The molecule has 23 heavy (non-hydrogen) atoms. The zero-order valence-electron chi connectivity index (χ0n) is 12.5. The first kappa shape index (κ1) is 16.7. The third kappa shape index (κ3) is 4.65. The van der Waals surface area contributed by atoms with Crippen LogP contribution in [0.4, 0.5) is 13.2 Å². The molecule has 6 heteroatoms. The van der Waals surface area contributed by atoms with E-state index in [1.807, 2.05) is 19.9 Å². The van der Waals surface area contributed by atoms with Crippen molar-refractivity contribution in [1.82, 2.24) is 0 Å². The van der Waals surface area contributed by atoms with Crippen LogP contribution >= 0.6 is 0 Å². The van der Waals surface area contributed by atoms with Gasteiger partial charge in [0.2, 0.25) is 0 Å². The molecule has 2 rings (SSSR count). The predicted molar refractivity (Wildman–Crippen MR) is 79.0 cm³/mol. The Labute approximate surface area is 131 Å². The summed E-state index contributed by atoms with van der Waals surface area (Å²) in [5.74, 6) is 0.163. The fraction of sp³-hybridized carbons (Fsp3) is 0.235. The Kier molecular flexibility index (Phi) is 4.80. The average Bonchev–Trinajstić information content (AvgIpc) is 2.45. The number of benzene rings is 2. The van der Waals surface area contributed by atoms with Gasteiger partial charge in [-0.1, -0.05) is 12.1 Å².